The van der Waals surface area contributed by atoms with E-state index >= 15 is 0 Å². The molecule has 1 aliphatic carbocycles. The lowest BCUT2D eigenvalue weighted by Gasteiger charge is -2.25. The summed E-state index contributed by atoms with van der Waals surface area (Å²) in [6, 6.07) is 1.93. The second-order valence-electron chi connectivity index (χ2n) is 7.66. The standard InChI is InChI=1S/C18H30N2O2/c1-18(2,3)9-8-16(17(21)22)20-12-13-10-14-6-4-5-7-15(14)19-11-13/h10-11,16-17,20-22H,4-9,12H2,1-3H3. The zero-order valence-corrected chi connectivity index (χ0v) is 14.1. The Labute approximate surface area is 134 Å². The molecule has 0 spiro atoms. The van der Waals surface area contributed by atoms with Gasteiger partial charge in [0.05, 0.1) is 6.04 Å². The van der Waals surface area contributed by atoms with Crippen LogP contribution in [-0.4, -0.2) is 27.5 Å². The lowest BCUT2D eigenvalue weighted by atomic mass is 9.88. The van der Waals surface area contributed by atoms with Gasteiger partial charge in [0, 0.05) is 18.4 Å². The second kappa shape index (κ2) is 7.53. The molecular weight excluding hydrogens is 276 g/mol. The number of aryl methyl sites for hydroxylation is 2. The lowest BCUT2D eigenvalue weighted by molar-refractivity contribution is -0.0708. The molecule has 0 bridgehead atoms. The monoisotopic (exact) mass is 306 g/mol. The second-order valence-corrected chi connectivity index (χ2v) is 7.66. The van der Waals surface area contributed by atoms with Gasteiger partial charge < -0.3 is 15.5 Å². The predicted octanol–water partition coefficient (Wildman–Crippen LogP) is 2.56. The number of aromatic nitrogens is 1. The quantitative estimate of drug-likeness (QED) is 0.707. The van der Waals surface area contributed by atoms with Gasteiger partial charge in [-0.15, -0.1) is 0 Å². The Balaban J connectivity index is 1.91. The topological polar surface area (TPSA) is 65.4 Å². The maximum absolute atomic E-state index is 9.56. The van der Waals surface area contributed by atoms with E-state index in [0.717, 1.165) is 31.2 Å². The first-order chi connectivity index (χ1) is 10.3. The smallest absolute Gasteiger partial charge is 0.167 e. The van der Waals surface area contributed by atoms with Crippen LogP contribution in [0.1, 0.15) is 63.3 Å². The summed E-state index contributed by atoms with van der Waals surface area (Å²) in [5, 5.41) is 22.4. The molecule has 4 nitrogen and oxygen atoms in total. The Kier molecular flexibility index (Phi) is 5.95. The molecule has 0 aromatic carbocycles. The van der Waals surface area contributed by atoms with Crippen LogP contribution in [0.5, 0.6) is 0 Å². The number of pyridine rings is 1. The third kappa shape index (κ3) is 5.34. The van der Waals surface area contributed by atoms with Crippen LogP contribution in [-0.2, 0) is 19.4 Å². The summed E-state index contributed by atoms with van der Waals surface area (Å²) in [5.74, 6) is 0. The van der Waals surface area contributed by atoms with Crippen LogP contribution in [0.25, 0.3) is 0 Å². The molecule has 0 aliphatic heterocycles. The highest BCUT2D eigenvalue weighted by molar-refractivity contribution is 5.27. The fourth-order valence-corrected chi connectivity index (χ4v) is 2.93. The number of aliphatic hydroxyl groups is 2. The summed E-state index contributed by atoms with van der Waals surface area (Å²) in [7, 11) is 0. The van der Waals surface area contributed by atoms with Crippen LogP contribution in [0.15, 0.2) is 12.3 Å². The van der Waals surface area contributed by atoms with Crippen LogP contribution < -0.4 is 5.32 Å². The fraction of sp³-hybridized carbons (Fsp3) is 0.722. The van der Waals surface area contributed by atoms with Gasteiger partial charge in [0.2, 0.25) is 0 Å². The van der Waals surface area contributed by atoms with Gasteiger partial charge in [0.1, 0.15) is 0 Å². The van der Waals surface area contributed by atoms with Gasteiger partial charge in [-0.1, -0.05) is 26.8 Å². The molecule has 1 aromatic rings. The molecule has 1 aliphatic rings. The molecule has 0 fully saturated rings. The molecule has 0 saturated heterocycles. The zero-order chi connectivity index (χ0) is 16.2. The van der Waals surface area contributed by atoms with Crippen LogP contribution >= 0.6 is 0 Å². The normalized spacial score (nSPS) is 16.6. The van der Waals surface area contributed by atoms with Crippen molar-refractivity contribution >= 4 is 0 Å². The Morgan fingerprint density at radius 3 is 2.64 bits per heavy atom. The van der Waals surface area contributed by atoms with Gasteiger partial charge in [-0.25, -0.2) is 0 Å². The van der Waals surface area contributed by atoms with E-state index in [4.69, 9.17) is 0 Å². The molecule has 1 atom stereocenters. The minimum Gasteiger partial charge on any atom is -0.367 e. The van der Waals surface area contributed by atoms with Gasteiger partial charge in [-0.3, -0.25) is 4.98 Å². The van der Waals surface area contributed by atoms with Gasteiger partial charge in [-0.2, -0.15) is 0 Å². The minimum atomic E-state index is -1.33. The summed E-state index contributed by atoms with van der Waals surface area (Å²) in [6.07, 6.45) is 6.98. The third-order valence-electron chi connectivity index (χ3n) is 4.36. The van der Waals surface area contributed by atoms with Crippen molar-refractivity contribution in [3.63, 3.8) is 0 Å². The van der Waals surface area contributed by atoms with Crippen molar-refractivity contribution in [3.8, 4) is 0 Å². The maximum Gasteiger partial charge on any atom is 0.167 e. The number of nitrogens with one attached hydrogen (secondary N) is 1. The molecule has 124 valence electrons. The first-order valence-corrected chi connectivity index (χ1v) is 8.41. The summed E-state index contributed by atoms with van der Waals surface area (Å²) < 4.78 is 0. The average molecular weight is 306 g/mol. The molecule has 1 aromatic heterocycles. The minimum absolute atomic E-state index is 0.197. The molecule has 0 radical (unpaired) electrons. The van der Waals surface area contributed by atoms with E-state index in [9.17, 15) is 10.2 Å². The molecule has 0 amide bonds. The Hall–Kier alpha value is -0.970. The van der Waals surface area contributed by atoms with Crippen molar-refractivity contribution in [2.45, 2.75) is 78.2 Å². The summed E-state index contributed by atoms with van der Waals surface area (Å²) >= 11 is 0. The van der Waals surface area contributed by atoms with E-state index < -0.39 is 6.29 Å². The first-order valence-electron chi connectivity index (χ1n) is 8.41. The lowest BCUT2D eigenvalue weighted by Crippen LogP contribution is -2.40. The maximum atomic E-state index is 9.56. The van der Waals surface area contributed by atoms with Gasteiger partial charge in [0.25, 0.3) is 0 Å². The van der Waals surface area contributed by atoms with E-state index in [1.807, 2.05) is 6.20 Å². The summed E-state index contributed by atoms with van der Waals surface area (Å²) in [6.45, 7) is 7.14. The largest absolute Gasteiger partial charge is 0.367 e. The number of fused-ring (bicyclic) bond motifs is 1. The predicted molar refractivity (Wildman–Crippen MR) is 88.4 cm³/mol. The van der Waals surface area contributed by atoms with Crippen molar-refractivity contribution in [1.82, 2.24) is 10.3 Å². The highest BCUT2D eigenvalue weighted by Crippen LogP contribution is 2.23. The van der Waals surface area contributed by atoms with Crippen molar-refractivity contribution < 1.29 is 10.2 Å². The molecule has 22 heavy (non-hydrogen) atoms. The number of aliphatic hydroxyl groups excluding tert-OH is 1. The highest BCUT2D eigenvalue weighted by atomic mass is 16.5. The summed E-state index contributed by atoms with van der Waals surface area (Å²) in [4.78, 5) is 4.56. The van der Waals surface area contributed by atoms with Crippen molar-refractivity contribution in [2.75, 3.05) is 0 Å². The van der Waals surface area contributed by atoms with Crippen LogP contribution in [0.4, 0.5) is 0 Å². The Morgan fingerprint density at radius 2 is 1.95 bits per heavy atom. The van der Waals surface area contributed by atoms with Crippen LogP contribution in [0.3, 0.4) is 0 Å². The van der Waals surface area contributed by atoms with E-state index in [0.29, 0.717) is 6.54 Å². The Bertz CT molecular complexity index is 480. The fourth-order valence-electron chi connectivity index (χ4n) is 2.93. The molecule has 3 N–H and O–H groups in total. The summed E-state index contributed by atoms with van der Waals surface area (Å²) in [5.41, 5.74) is 3.92. The third-order valence-corrected chi connectivity index (χ3v) is 4.36. The van der Waals surface area contributed by atoms with Gasteiger partial charge >= 0.3 is 0 Å². The number of nitrogens with zero attached hydrogens (tertiary/aromatic N) is 1. The zero-order valence-electron chi connectivity index (χ0n) is 14.1. The highest BCUT2D eigenvalue weighted by Gasteiger charge is 2.20. The average Bonchev–Trinajstić information content (AvgIpc) is 2.45. The molecule has 0 saturated carbocycles. The SMILES string of the molecule is CC(C)(C)CCC(NCc1cnc2c(c1)CCCC2)C(O)O. The first kappa shape index (κ1) is 17.4. The molecular formula is C18H30N2O2. The molecule has 1 unspecified atom stereocenters. The molecule has 4 heteroatoms. The van der Waals surface area contributed by atoms with Gasteiger partial charge in [-0.05, 0) is 55.1 Å². The van der Waals surface area contributed by atoms with Gasteiger partial charge in [0.15, 0.2) is 6.29 Å². The number of hydrogen-bond donors (Lipinski definition) is 3. The molecule has 1 heterocycles. The van der Waals surface area contributed by atoms with E-state index in [1.165, 1.54) is 24.1 Å². The van der Waals surface area contributed by atoms with Crippen LogP contribution in [0.2, 0.25) is 0 Å². The van der Waals surface area contributed by atoms with Crippen LogP contribution in [0, 0.1) is 5.41 Å². The van der Waals surface area contributed by atoms with E-state index in [2.05, 4.69) is 37.1 Å². The number of rotatable bonds is 6. The van der Waals surface area contributed by atoms with Crippen molar-refractivity contribution in [1.29, 1.82) is 0 Å². The Morgan fingerprint density at radius 1 is 1.23 bits per heavy atom. The van der Waals surface area contributed by atoms with E-state index in [1.54, 1.807) is 0 Å². The van der Waals surface area contributed by atoms with E-state index in [-0.39, 0.29) is 11.5 Å². The van der Waals surface area contributed by atoms with Crippen molar-refractivity contribution in [3.05, 3.63) is 29.1 Å². The molecule has 2 rings (SSSR count). The van der Waals surface area contributed by atoms with Crippen molar-refractivity contribution in [2.24, 2.45) is 5.41 Å². The number of hydrogen-bond acceptors (Lipinski definition) is 4.